The van der Waals surface area contributed by atoms with E-state index in [0.29, 0.717) is 19.6 Å². The number of ether oxygens (including phenoxy) is 2. The van der Waals surface area contributed by atoms with Crippen LogP contribution in [0.4, 0.5) is 0 Å². The smallest absolute Gasteiger partial charge is 0.0984 e. The average Bonchev–Trinajstić information content (AvgIpc) is 2.75. The van der Waals surface area contributed by atoms with Crippen molar-refractivity contribution in [2.45, 2.75) is 37.9 Å². The Morgan fingerprint density at radius 3 is 2.82 bits per heavy atom. The fourth-order valence-corrected chi connectivity index (χ4v) is 3.05. The molecule has 0 aromatic carbocycles. The molecule has 1 aromatic rings. The number of thiazole rings is 1. The maximum Gasteiger partial charge on any atom is 0.0984 e. The van der Waals surface area contributed by atoms with Gasteiger partial charge in [-0.2, -0.15) is 0 Å². The Hall–Kier alpha value is -0.490. The molecule has 0 bridgehead atoms. The summed E-state index contributed by atoms with van der Waals surface area (Å²) >= 11 is 1.59. The van der Waals surface area contributed by atoms with Gasteiger partial charge < -0.3 is 14.6 Å². The van der Waals surface area contributed by atoms with Crippen LogP contribution in [0.15, 0.2) is 5.38 Å². The van der Waals surface area contributed by atoms with Gasteiger partial charge in [0.2, 0.25) is 0 Å². The van der Waals surface area contributed by atoms with Crippen LogP contribution in [0.3, 0.4) is 0 Å². The number of nitrogens with zero attached hydrogens (tertiary/aromatic N) is 1. The normalized spacial score (nSPS) is 21.4. The van der Waals surface area contributed by atoms with Gasteiger partial charge in [0.05, 0.1) is 16.7 Å². The summed E-state index contributed by atoms with van der Waals surface area (Å²) in [5.74, 6) is 0. The monoisotopic (exact) mass is 257 g/mol. The van der Waals surface area contributed by atoms with Crippen molar-refractivity contribution in [3.05, 3.63) is 16.1 Å². The lowest BCUT2D eigenvalue weighted by atomic mass is 9.86. The number of aliphatic hydroxyl groups is 1. The van der Waals surface area contributed by atoms with Crippen LogP contribution in [0, 0.1) is 6.92 Å². The number of aryl methyl sites for hydroxylation is 1. The molecule has 1 N–H and O–H groups in total. The quantitative estimate of drug-likeness (QED) is 0.889. The molecule has 1 atom stereocenters. The van der Waals surface area contributed by atoms with E-state index in [1.807, 2.05) is 12.3 Å². The lowest BCUT2D eigenvalue weighted by molar-refractivity contribution is -0.151. The van der Waals surface area contributed by atoms with E-state index in [4.69, 9.17) is 9.47 Å². The van der Waals surface area contributed by atoms with Gasteiger partial charge in [-0.05, 0) is 6.92 Å². The predicted octanol–water partition coefficient (Wildman–Crippen LogP) is 1.55. The molecule has 0 radical (unpaired) electrons. The van der Waals surface area contributed by atoms with E-state index in [-0.39, 0.29) is 0 Å². The van der Waals surface area contributed by atoms with Crippen molar-refractivity contribution in [2.24, 2.45) is 0 Å². The highest BCUT2D eigenvalue weighted by molar-refractivity contribution is 7.09. The molecular weight excluding hydrogens is 238 g/mol. The molecule has 2 rings (SSSR count). The maximum absolute atomic E-state index is 10.4. The Balaban J connectivity index is 2.04. The van der Waals surface area contributed by atoms with Crippen LogP contribution in [0.2, 0.25) is 0 Å². The number of rotatable bonds is 4. The summed E-state index contributed by atoms with van der Waals surface area (Å²) in [6, 6.07) is 0. The second-order valence-corrected chi connectivity index (χ2v) is 5.43. The van der Waals surface area contributed by atoms with Crippen LogP contribution < -0.4 is 0 Å². The van der Waals surface area contributed by atoms with Gasteiger partial charge >= 0.3 is 0 Å². The Bertz CT molecular complexity index is 360. The second kappa shape index (κ2) is 5.44. The van der Waals surface area contributed by atoms with Gasteiger partial charge in [0.15, 0.2) is 0 Å². The highest BCUT2D eigenvalue weighted by Gasteiger charge is 2.40. The molecule has 0 aliphatic carbocycles. The zero-order valence-electron chi connectivity index (χ0n) is 10.3. The van der Waals surface area contributed by atoms with Gasteiger partial charge in [-0.1, -0.05) is 0 Å². The molecule has 17 heavy (non-hydrogen) atoms. The minimum absolute atomic E-state index is 0.460. The van der Waals surface area contributed by atoms with E-state index in [0.717, 1.165) is 23.5 Å². The molecule has 2 heterocycles. The first kappa shape index (κ1) is 13.0. The lowest BCUT2D eigenvalue weighted by Gasteiger charge is -2.39. The number of aliphatic hydroxyl groups excluding tert-OH is 1. The number of hydrogen-bond acceptors (Lipinski definition) is 5. The molecule has 0 spiro atoms. The summed E-state index contributed by atoms with van der Waals surface area (Å²) in [4.78, 5) is 4.38. The largest absolute Gasteiger partial charge is 0.390 e. The van der Waals surface area contributed by atoms with Crippen molar-refractivity contribution in [3.8, 4) is 0 Å². The Labute approximate surface area is 106 Å². The lowest BCUT2D eigenvalue weighted by Crippen LogP contribution is -2.49. The Morgan fingerprint density at radius 1 is 1.59 bits per heavy atom. The first-order chi connectivity index (χ1) is 8.16. The third-order valence-electron chi connectivity index (χ3n) is 3.39. The first-order valence-corrected chi connectivity index (χ1v) is 6.76. The summed E-state index contributed by atoms with van der Waals surface area (Å²) < 4.78 is 10.9. The van der Waals surface area contributed by atoms with E-state index in [1.165, 1.54) is 0 Å². The predicted molar refractivity (Wildman–Crippen MR) is 66.4 cm³/mol. The van der Waals surface area contributed by atoms with Crippen molar-refractivity contribution in [1.82, 2.24) is 4.98 Å². The summed E-state index contributed by atoms with van der Waals surface area (Å²) in [5.41, 5.74) is 0.549. The molecular formula is C12H19NO3S. The fourth-order valence-electron chi connectivity index (χ4n) is 2.24. The number of hydrogen-bond donors (Lipinski definition) is 1. The van der Waals surface area contributed by atoms with Crippen molar-refractivity contribution in [3.63, 3.8) is 0 Å². The first-order valence-electron chi connectivity index (χ1n) is 5.88. The SMILES string of the molecule is COC1(C(O)Cc2nc(C)cs2)CCOCC1. The van der Waals surface area contributed by atoms with Gasteiger partial charge in [0.1, 0.15) is 0 Å². The van der Waals surface area contributed by atoms with Gasteiger partial charge in [-0.15, -0.1) is 11.3 Å². The standard InChI is InChI=1S/C12H19NO3S/c1-9-8-17-11(13-9)7-10(14)12(15-2)3-5-16-6-4-12/h8,10,14H,3-7H2,1-2H3. The molecule has 0 saturated carbocycles. The third kappa shape index (κ3) is 2.85. The van der Waals surface area contributed by atoms with Crippen LogP contribution in [0.5, 0.6) is 0 Å². The highest BCUT2D eigenvalue weighted by atomic mass is 32.1. The minimum atomic E-state index is -0.512. The molecule has 0 amide bonds. The average molecular weight is 257 g/mol. The van der Waals surface area contributed by atoms with Crippen molar-refractivity contribution in [1.29, 1.82) is 0 Å². The van der Waals surface area contributed by atoms with Gasteiger partial charge in [-0.3, -0.25) is 0 Å². The fraction of sp³-hybridized carbons (Fsp3) is 0.750. The van der Waals surface area contributed by atoms with Crippen molar-refractivity contribution >= 4 is 11.3 Å². The van der Waals surface area contributed by atoms with Crippen molar-refractivity contribution < 1.29 is 14.6 Å². The number of methoxy groups -OCH3 is 1. The van der Waals surface area contributed by atoms with Gasteiger partial charge in [-0.25, -0.2) is 4.98 Å². The zero-order chi connectivity index (χ0) is 12.3. The molecule has 1 aliphatic heterocycles. The van der Waals surface area contributed by atoms with E-state index in [2.05, 4.69) is 4.98 Å². The molecule has 4 nitrogen and oxygen atoms in total. The molecule has 1 aliphatic rings. The molecule has 1 aromatic heterocycles. The third-order valence-corrected chi connectivity index (χ3v) is 4.38. The van der Waals surface area contributed by atoms with Crippen LogP contribution >= 0.6 is 11.3 Å². The summed E-state index contributed by atoms with van der Waals surface area (Å²) in [7, 11) is 1.67. The number of aromatic nitrogens is 1. The Kier molecular flexibility index (Phi) is 4.14. The summed E-state index contributed by atoms with van der Waals surface area (Å²) in [6.45, 7) is 3.27. The van der Waals surface area contributed by atoms with Crippen LogP contribution in [-0.4, -0.2) is 42.1 Å². The molecule has 1 fully saturated rings. The Morgan fingerprint density at radius 2 is 2.29 bits per heavy atom. The molecule has 1 saturated heterocycles. The molecule has 96 valence electrons. The second-order valence-electron chi connectivity index (χ2n) is 4.48. The summed E-state index contributed by atoms with van der Waals surface area (Å²) in [5, 5.41) is 13.3. The van der Waals surface area contributed by atoms with E-state index >= 15 is 0 Å². The van der Waals surface area contributed by atoms with Gasteiger partial charge in [0, 0.05) is 50.7 Å². The van der Waals surface area contributed by atoms with E-state index < -0.39 is 11.7 Å². The van der Waals surface area contributed by atoms with Crippen LogP contribution in [-0.2, 0) is 15.9 Å². The van der Waals surface area contributed by atoms with E-state index in [9.17, 15) is 5.11 Å². The van der Waals surface area contributed by atoms with Crippen molar-refractivity contribution in [2.75, 3.05) is 20.3 Å². The zero-order valence-corrected chi connectivity index (χ0v) is 11.1. The van der Waals surface area contributed by atoms with Crippen LogP contribution in [0.1, 0.15) is 23.5 Å². The van der Waals surface area contributed by atoms with Gasteiger partial charge in [0.25, 0.3) is 0 Å². The van der Waals surface area contributed by atoms with E-state index in [1.54, 1.807) is 18.4 Å². The molecule has 5 heteroatoms. The highest BCUT2D eigenvalue weighted by Crippen LogP contribution is 2.30. The topological polar surface area (TPSA) is 51.6 Å². The van der Waals surface area contributed by atoms with Crippen LogP contribution in [0.25, 0.3) is 0 Å². The molecule has 1 unspecified atom stereocenters. The summed E-state index contributed by atoms with van der Waals surface area (Å²) in [6.07, 6.45) is 1.54. The maximum atomic E-state index is 10.4. The minimum Gasteiger partial charge on any atom is -0.390 e.